The molecule has 206 valence electrons. The van der Waals surface area contributed by atoms with Gasteiger partial charge in [-0.25, -0.2) is 0 Å². The summed E-state index contributed by atoms with van der Waals surface area (Å²) in [5, 5.41) is 21.2. The molecule has 2 aromatic rings. The van der Waals surface area contributed by atoms with Crippen LogP contribution in [0.4, 0.5) is 5.69 Å². The molecule has 1 aliphatic heterocycles. The topological polar surface area (TPSA) is 107 Å². The first-order valence-electron chi connectivity index (χ1n) is 12.8. The van der Waals surface area contributed by atoms with Crippen molar-refractivity contribution in [3.8, 4) is 5.75 Å². The minimum Gasteiger partial charge on any atom is -0.496 e. The molecule has 1 heterocycles. The van der Waals surface area contributed by atoms with Crippen molar-refractivity contribution in [2.45, 2.75) is 52.6 Å². The number of likely N-dealkylation sites (tertiary alicyclic amines) is 1. The van der Waals surface area contributed by atoms with Gasteiger partial charge in [0.2, 0.25) is 11.8 Å². The summed E-state index contributed by atoms with van der Waals surface area (Å²) in [5.74, 6) is -1.47. The zero-order valence-corrected chi connectivity index (χ0v) is 23.2. The molecule has 2 aromatic carbocycles. The Hall–Kier alpha value is -3.10. The van der Waals surface area contributed by atoms with Crippen molar-refractivity contribution in [2.24, 2.45) is 11.3 Å². The zero-order chi connectivity index (χ0) is 28.0. The Kier molecular flexibility index (Phi) is 9.79. The van der Waals surface area contributed by atoms with E-state index in [0.717, 1.165) is 0 Å². The van der Waals surface area contributed by atoms with Crippen molar-refractivity contribution >= 4 is 35.1 Å². The van der Waals surface area contributed by atoms with Gasteiger partial charge in [-0.15, -0.1) is 0 Å². The number of piperidine rings is 1. The molecule has 2 atom stereocenters. The number of halogens is 1. The molecule has 0 aliphatic carbocycles. The van der Waals surface area contributed by atoms with Gasteiger partial charge < -0.3 is 24.7 Å². The summed E-state index contributed by atoms with van der Waals surface area (Å²) in [5.41, 5.74) is 1.21. The van der Waals surface area contributed by atoms with Gasteiger partial charge in [0, 0.05) is 54.3 Å². The van der Waals surface area contributed by atoms with Crippen molar-refractivity contribution in [1.29, 1.82) is 0 Å². The third-order valence-electron chi connectivity index (χ3n) is 6.62. The monoisotopic (exact) mass is 544 g/mol. The van der Waals surface area contributed by atoms with E-state index in [9.17, 15) is 24.6 Å². The van der Waals surface area contributed by atoms with E-state index in [1.54, 1.807) is 52.3 Å². The number of hydrogen-bond acceptors (Lipinski definition) is 5. The number of rotatable bonds is 9. The Morgan fingerprint density at radius 2 is 1.84 bits per heavy atom. The van der Waals surface area contributed by atoms with Crippen LogP contribution in [0.25, 0.3) is 0 Å². The number of amides is 2. The minimum atomic E-state index is -1.11. The molecule has 0 saturated carbocycles. The van der Waals surface area contributed by atoms with E-state index in [2.05, 4.69) is 0 Å². The summed E-state index contributed by atoms with van der Waals surface area (Å²) in [6.07, 6.45) is -0.00893. The maximum atomic E-state index is 13.6. The van der Waals surface area contributed by atoms with Gasteiger partial charge in [-0.2, -0.15) is 0 Å². The third-order valence-corrected chi connectivity index (χ3v) is 6.85. The minimum absolute atomic E-state index is 0.0240. The second-order valence-corrected chi connectivity index (χ2v) is 11.3. The number of aliphatic hydroxyl groups excluding tert-OH is 1. The molecule has 1 saturated heterocycles. The van der Waals surface area contributed by atoms with Gasteiger partial charge in [-0.05, 0) is 42.5 Å². The van der Waals surface area contributed by atoms with Crippen LogP contribution in [-0.4, -0.2) is 59.6 Å². The van der Waals surface area contributed by atoms with Gasteiger partial charge in [-0.1, -0.05) is 50.6 Å². The van der Waals surface area contributed by atoms with E-state index in [1.807, 2.05) is 20.8 Å². The fourth-order valence-electron chi connectivity index (χ4n) is 4.74. The SMILES string of the molecule is COc1ccccc1C(O)c1cc(Cl)ccc1N(CC(C)(C)C)C(=O)CCC(=O)N1CCCC(C(=O)O)C1. The van der Waals surface area contributed by atoms with E-state index in [-0.39, 0.29) is 36.6 Å². The first kappa shape index (κ1) is 29.5. The van der Waals surface area contributed by atoms with Gasteiger partial charge in [-0.3, -0.25) is 14.4 Å². The summed E-state index contributed by atoms with van der Waals surface area (Å²) < 4.78 is 5.44. The molecule has 0 radical (unpaired) electrons. The van der Waals surface area contributed by atoms with Crippen LogP contribution in [-0.2, 0) is 14.4 Å². The Labute approximate surface area is 229 Å². The summed E-state index contributed by atoms with van der Waals surface area (Å²) in [6.45, 7) is 7.02. The van der Waals surface area contributed by atoms with Crippen molar-refractivity contribution < 1.29 is 29.3 Å². The molecule has 0 spiro atoms. The molecular formula is C29H37ClN2O6. The van der Waals surface area contributed by atoms with Crippen LogP contribution in [0.2, 0.25) is 5.02 Å². The highest BCUT2D eigenvalue weighted by atomic mass is 35.5. The van der Waals surface area contributed by atoms with Gasteiger partial charge >= 0.3 is 5.97 Å². The summed E-state index contributed by atoms with van der Waals surface area (Å²) in [7, 11) is 1.53. The lowest BCUT2D eigenvalue weighted by Gasteiger charge is -2.33. The zero-order valence-electron chi connectivity index (χ0n) is 22.4. The highest BCUT2D eigenvalue weighted by Crippen LogP contribution is 2.38. The third kappa shape index (κ3) is 7.48. The standard InChI is InChI=1S/C29H37ClN2O6/c1-29(2,3)18-32(26(34)14-13-25(33)31-15-7-8-19(17-31)28(36)37)23-12-11-20(30)16-22(23)27(35)21-9-5-6-10-24(21)38-4/h5-6,9-12,16,19,27,35H,7-8,13-15,17-18H2,1-4H3,(H,36,37). The van der Waals surface area contributed by atoms with E-state index in [0.29, 0.717) is 53.5 Å². The molecule has 9 heteroatoms. The Morgan fingerprint density at radius 1 is 1.13 bits per heavy atom. The van der Waals surface area contributed by atoms with Gasteiger partial charge in [0.15, 0.2) is 0 Å². The molecule has 1 aliphatic rings. The van der Waals surface area contributed by atoms with Crippen LogP contribution in [0.3, 0.4) is 0 Å². The lowest BCUT2D eigenvalue weighted by atomic mass is 9.93. The first-order valence-corrected chi connectivity index (χ1v) is 13.2. The number of carbonyl (C=O) groups excluding carboxylic acids is 2. The molecule has 2 unspecified atom stereocenters. The van der Waals surface area contributed by atoms with Gasteiger partial charge in [0.25, 0.3) is 0 Å². The fraction of sp³-hybridized carbons (Fsp3) is 0.483. The number of anilines is 1. The van der Waals surface area contributed by atoms with Crippen molar-refractivity contribution in [3.63, 3.8) is 0 Å². The van der Waals surface area contributed by atoms with Gasteiger partial charge in [0.1, 0.15) is 11.9 Å². The van der Waals surface area contributed by atoms with Crippen molar-refractivity contribution in [2.75, 3.05) is 31.6 Å². The summed E-state index contributed by atoms with van der Waals surface area (Å²) >= 11 is 6.32. The predicted octanol–water partition coefficient (Wildman–Crippen LogP) is 4.91. The molecule has 2 N–H and O–H groups in total. The van der Waals surface area contributed by atoms with Crippen molar-refractivity contribution in [3.05, 3.63) is 58.6 Å². The second kappa shape index (κ2) is 12.6. The number of carboxylic acids is 1. The summed E-state index contributed by atoms with van der Waals surface area (Å²) in [6, 6.07) is 12.1. The lowest BCUT2D eigenvalue weighted by molar-refractivity contribution is -0.146. The fourth-order valence-corrected chi connectivity index (χ4v) is 4.92. The number of aliphatic hydroxyl groups is 1. The Balaban J connectivity index is 1.88. The quantitative estimate of drug-likeness (QED) is 0.464. The molecule has 38 heavy (non-hydrogen) atoms. The number of benzene rings is 2. The average Bonchev–Trinajstić information content (AvgIpc) is 2.89. The second-order valence-electron chi connectivity index (χ2n) is 10.9. The van der Waals surface area contributed by atoms with Crippen LogP contribution >= 0.6 is 11.6 Å². The number of carboxylic acid groups (broad SMARTS) is 1. The van der Waals surface area contributed by atoms with Crippen molar-refractivity contribution in [1.82, 2.24) is 4.90 Å². The Morgan fingerprint density at radius 3 is 2.50 bits per heavy atom. The lowest BCUT2D eigenvalue weighted by Crippen LogP contribution is -2.43. The van der Waals surface area contributed by atoms with Crippen LogP contribution in [0, 0.1) is 11.3 Å². The number of para-hydroxylation sites is 1. The maximum absolute atomic E-state index is 13.6. The molecular weight excluding hydrogens is 508 g/mol. The van der Waals surface area contributed by atoms with Crippen LogP contribution in [0.1, 0.15) is 63.7 Å². The van der Waals surface area contributed by atoms with Crippen LogP contribution in [0.5, 0.6) is 5.75 Å². The number of nitrogens with zero attached hydrogens (tertiary/aromatic N) is 2. The highest BCUT2D eigenvalue weighted by molar-refractivity contribution is 6.30. The van der Waals surface area contributed by atoms with Crippen LogP contribution < -0.4 is 9.64 Å². The van der Waals surface area contributed by atoms with E-state index in [4.69, 9.17) is 16.3 Å². The normalized spacial score (nSPS) is 16.6. The average molecular weight is 545 g/mol. The van der Waals surface area contributed by atoms with E-state index in [1.165, 1.54) is 7.11 Å². The molecule has 1 fully saturated rings. The van der Waals surface area contributed by atoms with E-state index >= 15 is 0 Å². The Bertz CT molecular complexity index is 1160. The number of aliphatic carboxylic acids is 1. The number of ether oxygens (including phenoxy) is 1. The molecule has 3 rings (SSSR count). The number of carbonyl (C=O) groups is 3. The maximum Gasteiger partial charge on any atom is 0.308 e. The molecule has 0 aromatic heterocycles. The molecule has 8 nitrogen and oxygen atoms in total. The predicted molar refractivity (Wildman–Crippen MR) is 146 cm³/mol. The smallest absolute Gasteiger partial charge is 0.308 e. The highest BCUT2D eigenvalue weighted by Gasteiger charge is 2.31. The largest absolute Gasteiger partial charge is 0.496 e. The molecule has 2 amide bonds. The molecule has 0 bridgehead atoms. The van der Waals surface area contributed by atoms with E-state index < -0.39 is 18.0 Å². The summed E-state index contributed by atoms with van der Waals surface area (Å²) in [4.78, 5) is 41.0. The van der Waals surface area contributed by atoms with Crippen LogP contribution in [0.15, 0.2) is 42.5 Å². The number of hydrogen-bond donors (Lipinski definition) is 2. The first-order chi connectivity index (χ1) is 17.9. The van der Waals surface area contributed by atoms with Gasteiger partial charge in [0.05, 0.1) is 13.0 Å². The number of methoxy groups -OCH3 is 1.